The van der Waals surface area contributed by atoms with E-state index in [1.165, 1.54) is 5.69 Å². The van der Waals surface area contributed by atoms with Crippen molar-refractivity contribution >= 4 is 0 Å². The first-order valence-electron chi connectivity index (χ1n) is 5.25. The Morgan fingerprint density at radius 1 is 1.71 bits per heavy atom. The number of hydrogen-bond donors (Lipinski definition) is 1. The van der Waals surface area contributed by atoms with Gasteiger partial charge in [0.2, 0.25) is 0 Å². The van der Waals surface area contributed by atoms with Gasteiger partial charge in [0.25, 0.3) is 0 Å². The quantitative estimate of drug-likeness (QED) is 0.778. The van der Waals surface area contributed by atoms with E-state index in [2.05, 4.69) is 25.0 Å². The molecule has 1 fully saturated rings. The van der Waals surface area contributed by atoms with Gasteiger partial charge in [0.1, 0.15) is 0 Å². The van der Waals surface area contributed by atoms with Crippen molar-refractivity contribution in [2.75, 3.05) is 0 Å². The fourth-order valence-corrected chi connectivity index (χ4v) is 2.50. The Balaban J connectivity index is 2.26. The molecule has 3 unspecified atom stereocenters. The molecule has 1 saturated carbocycles. The SMILES string of the molecule is CCC1(C)C(O)CC1c1ccnn1C. The van der Waals surface area contributed by atoms with Crippen LogP contribution >= 0.6 is 0 Å². The molecule has 3 nitrogen and oxygen atoms in total. The molecular weight excluding hydrogens is 176 g/mol. The molecule has 0 radical (unpaired) electrons. The summed E-state index contributed by atoms with van der Waals surface area (Å²) in [5, 5.41) is 14.0. The molecule has 1 N–H and O–H groups in total. The first-order valence-corrected chi connectivity index (χ1v) is 5.25. The van der Waals surface area contributed by atoms with Crippen molar-refractivity contribution in [1.29, 1.82) is 0 Å². The second-order valence-electron chi connectivity index (χ2n) is 4.54. The van der Waals surface area contributed by atoms with Crippen molar-refractivity contribution in [2.24, 2.45) is 12.5 Å². The van der Waals surface area contributed by atoms with Crippen molar-refractivity contribution in [1.82, 2.24) is 9.78 Å². The van der Waals surface area contributed by atoms with Gasteiger partial charge in [-0.15, -0.1) is 0 Å². The van der Waals surface area contributed by atoms with E-state index >= 15 is 0 Å². The molecule has 3 atom stereocenters. The minimum Gasteiger partial charge on any atom is -0.393 e. The Labute approximate surface area is 84.7 Å². The number of aliphatic hydroxyl groups excluding tert-OH is 1. The summed E-state index contributed by atoms with van der Waals surface area (Å²) in [5.41, 5.74) is 1.30. The van der Waals surface area contributed by atoms with E-state index in [0.29, 0.717) is 5.92 Å². The van der Waals surface area contributed by atoms with Crippen LogP contribution in [-0.2, 0) is 7.05 Å². The Morgan fingerprint density at radius 3 is 2.86 bits per heavy atom. The molecule has 78 valence electrons. The average Bonchev–Trinajstić information content (AvgIpc) is 2.59. The highest BCUT2D eigenvalue weighted by Crippen LogP contribution is 2.54. The second-order valence-corrected chi connectivity index (χ2v) is 4.54. The van der Waals surface area contributed by atoms with E-state index < -0.39 is 0 Å². The maximum absolute atomic E-state index is 9.80. The summed E-state index contributed by atoms with van der Waals surface area (Å²) >= 11 is 0. The first kappa shape index (κ1) is 9.71. The van der Waals surface area contributed by atoms with Gasteiger partial charge in [-0.1, -0.05) is 13.8 Å². The Kier molecular flexibility index (Phi) is 2.14. The molecule has 0 saturated heterocycles. The minimum absolute atomic E-state index is 0.0494. The van der Waals surface area contributed by atoms with Gasteiger partial charge in [-0.2, -0.15) is 5.10 Å². The van der Waals surface area contributed by atoms with Crippen LogP contribution in [0.25, 0.3) is 0 Å². The number of hydrogen-bond acceptors (Lipinski definition) is 2. The largest absolute Gasteiger partial charge is 0.393 e. The van der Waals surface area contributed by atoms with E-state index in [1.54, 1.807) is 0 Å². The lowest BCUT2D eigenvalue weighted by atomic mass is 9.56. The molecule has 0 amide bonds. The maximum Gasteiger partial charge on any atom is 0.0606 e. The standard InChI is InChI=1S/C11H18N2O/c1-4-11(2)8(7-10(11)14)9-5-6-12-13(9)3/h5-6,8,10,14H,4,7H2,1-3H3. The van der Waals surface area contributed by atoms with Gasteiger partial charge in [-0.25, -0.2) is 0 Å². The van der Waals surface area contributed by atoms with Crippen LogP contribution in [0.3, 0.4) is 0 Å². The summed E-state index contributed by atoms with van der Waals surface area (Å²) < 4.78 is 1.92. The summed E-state index contributed by atoms with van der Waals surface area (Å²) in [4.78, 5) is 0. The van der Waals surface area contributed by atoms with Crippen LogP contribution < -0.4 is 0 Å². The molecule has 1 aromatic heterocycles. The fourth-order valence-electron chi connectivity index (χ4n) is 2.50. The third-order valence-corrected chi connectivity index (χ3v) is 3.99. The number of aliphatic hydroxyl groups is 1. The van der Waals surface area contributed by atoms with Crippen LogP contribution in [0, 0.1) is 5.41 Å². The molecule has 0 aliphatic heterocycles. The van der Waals surface area contributed by atoms with Gasteiger partial charge in [-0.3, -0.25) is 4.68 Å². The summed E-state index contributed by atoms with van der Waals surface area (Å²) in [7, 11) is 1.97. The summed E-state index contributed by atoms with van der Waals surface area (Å²) in [6, 6.07) is 2.06. The highest BCUT2D eigenvalue weighted by atomic mass is 16.3. The zero-order chi connectivity index (χ0) is 10.3. The molecule has 1 aliphatic carbocycles. The zero-order valence-corrected chi connectivity index (χ0v) is 9.07. The van der Waals surface area contributed by atoms with Crippen LogP contribution in [-0.4, -0.2) is 21.0 Å². The molecule has 2 rings (SSSR count). The second kappa shape index (κ2) is 3.09. The normalized spacial score (nSPS) is 36.9. The van der Waals surface area contributed by atoms with Crippen LogP contribution in [0.4, 0.5) is 0 Å². The van der Waals surface area contributed by atoms with Crippen molar-refractivity contribution in [2.45, 2.75) is 38.7 Å². The van der Waals surface area contributed by atoms with Crippen molar-refractivity contribution in [3.8, 4) is 0 Å². The highest BCUT2D eigenvalue weighted by Gasteiger charge is 2.51. The lowest BCUT2D eigenvalue weighted by molar-refractivity contribution is -0.0801. The molecule has 0 spiro atoms. The number of aryl methyl sites for hydroxylation is 1. The lowest BCUT2D eigenvalue weighted by Crippen LogP contribution is -2.49. The lowest BCUT2D eigenvalue weighted by Gasteiger charge is -2.51. The average molecular weight is 194 g/mol. The third kappa shape index (κ3) is 1.12. The van der Waals surface area contributed by atoms with E-state index in [1.807, 2.05) is 17.9 Å². The molecular formula is C11H18N2O. The van der Waals surface area contributed by atoms with Crippen LogP contribution in [0.15, 0.2) is 12.3 Å². The Bertz CT molecular complexity index is 334. The van der Waals surface area contributed by atoms with E-state index in [-0.39, 0.29) is 11.5 Å². The topological polar surface area (TPSA) is 38.1 Å². The predicted molar refractivity (Wildman–Crippen MR) is 55.0 cm³/mol. The summed E-state index contributed by atoms with van der Waals surface area (Å²) in [6.45, 7) is 4.31. The van der Waals surface area contributed by atoms with Gasteiger partial charge in [0.15, 0.2) is 0 Å². The van der Waals surface area contributed by atoms with E-state index in [0.717, 1.165) is 12.8 Å². The van der Waals surface area contributed by atoms with Crippen LogP contribution in [0.5, 0.6) is 0 Å². The fraction of sp³-hybridized carbons (Fsp3) is 0.727. The summed E-state index contributed by atoms with van der Waals surface area (Å²) in [6.07, 6.45) is 3.58. The smallest absolute Gasteiger partial charge is 0.0606 e. The van der Waals surface area contributed by atoms with E-state index in [9.17, 15) is 5.11 Å². The molecule has 14 heavy (non-hydrogen) atoms. The predicted octanol–water partition coefficient (Wildman–Crippen LogP) is 1.68. The summed E-state index contributed by atoms with van der Waals surface area (Å²) in [5.74, 6) is 0.468. The van der Waals surface area contributed by atoms with Gasteiger partial charge in [0.05, 0.1) is 6.10 Å². The maximum atomic E-state index is 9.80. The number of rotatable bonds is 2. The Morgan fingerprint density at radius 2 is 2.43 bits per heavy atom. The Hall–Kier alpha value is -0.830. The van der Waals surface area contributed by atoms with Gasteiger partial charge >= 0.3 is 0 Å². The zero-order valence-electron chi connectivity index (χ0n) is 9.07. The van der Waals surface area contributed by atoms with Gasteiger partial charge < -0.3 is 5.11 Å². The monoisotopic (exact) mass is 194 g/mol. The van der Waals surface area contributed by atoms with E-state index in [4.69, 9.17) is 0 Å². The molecule has 0 bridgehead atoms. The molecule has 1 aliphatic rings. The van der Waals surface area contributed by atoms with Crippen LogP contribution in [0.2, 0.25) is 0 Å². The third-order valence-electron chi connectivity index (χ3n) is 3.99. The molecule has 1 aromatic rings. The van der Waals surface area contributed by atoms with Crippen molar-refractivity contribution < 1.29 is 5.11 Å². The van der Waals surface area contributed by atoms with Gasteiger partial charge in [0, 0.05) is 30.3 Å². The van der Waals surface area contributed by atoms with Crippen LogP contribution in [0.1, 0.15) is 38.3 Å². The molecule has 1 heterocycles. The number of aromatic nitrogens is 2. The number of nitrogens with zero attached hydrogens (tertiary/aromatic N) is 2. The van der Waals surface area contributed by atoms with Crippen molar-refractivity contribution in [3.05, 3.63) is 18.0 Å². The minimum atomic E-state index is -0.146. The molecule has 3 heteroatoms. The van der Waals surface area contributed by atoms with Gasteiger partial charge in [-0.05, 0) is 18.9 Å². The van der Waals surface area contributed by atoms with Crippen molar-refractivity contribution in [3.63, 3.8) is 0 Å². The first-order chi connectivity index (χ1) is 6.59. The molecule has 0 aromatic carbocycles. The highest BCUT2D eigenvalue weighted by molar-refractivity contribution is 5.19.